The minimum Gasteiger partial charge on any atom is -0.465 e. The molecule has 0 bridgehead atoms. The second-order valence-electron chi connectivity index (χ2n) is 13.8. The summed E-state index contributed by atoms with van der Waals surface area (Å²) in [4.78, 5) is 52.3. The molecule has 8 rings (SSSR count). The fraction of sp³-hybridized carbons (Fsp3) is 0.238. The first-order chi connectivity index (χ1) is 27.2. The Kier molecular flexibility index (Phi) is 10.7. The fourth-order valence-electron chi connectivity index (χ4n) is 7.65. The summed E-state index contributed by atoms with van der Waals surface area (Å²) in [6, 6.07) is 25.8. The zero-order valence-corrected chi connectivity index (χ0v) is 32.6. The third-order valence-corrected chi connectivity index (χ3v) is 11.2. The van der Waals surface area contributed by atoms with E-state index in [9.17, 15) is 14.4 Å². The molecule has 2 N–H and O–H groups in total. The van der Waals surface area contributed by atoms with Crippen molar-refractivity contribution < 1.29 is 23.9 Å². The van der Waals surface area contributed by atoms with E-state index in [-0.39, 0.29) is 23.4 Å². The Hall–Kier alpha value is -5.49. The second kappa shape index (κ2) is 15.9. The average molecular weight is 812 g/mol. The number of aromatic nitrogens is 3. The van der Waals surface area contributed by atoms with Crippen LogP contribution in [0.15, 0.2) is 91.3 Å². The van der Waals surface area contributed by atoms with Gasteiger partial charge in [-0.3, -0.25) is 4.79 Å². The minimum atomic E-state index is -0.535. The topological polar surface area (TPSA) is 122 Å². The molecule has 0 saturated carbocycles. The van der Waals surface area contributed by atoms with Crippen LogP contribution < -0.4 is 10.2 Å². The summed E-state index contributed by atoms with van der Waals surface area (Å²) in [5, 5.41) is 5.42. The van der Waals surface area contributed by atoms with Gasteiger partial charge in [-0.1, -0.05) is 77.3 Å². The van der Waals surface area contributed by atoms with Crippen molar-refractivity contribution in [1.29, 1.82) is 0 Å². The Balaban J connectivity index is 1.21. The lowest BCUT2D eigenvalue weighted by Gasteiger charge is -2.40. The van der Waals surface area contributed by atoms with Crippen molar-refractivity contribution in [2.24, 2.45) is 0 Å². The van der Waals surface area contributed by atoms with Crippen LogP contribution in [-0.2, 0) is 16.0 Å². The number of ether oxygens (including phenoxy) is 2. The van der Waals surface area contributed by atoms with Crippen molar-refractivity contribution >= 4 is 75.1 Å². The number of anilines is 2. The monoisotopic (exact) mass is 810 g/mol. The van der Waals surface area contributed by atoms with Gasteiger partial charge in [-0.15, -0.1) is 0 Å². The van der Waals surface area contributed by atoms with Gasteiger partial charge in [-0.25, -0.2) is 14.6 Å². The number of fused-ring (bicyclic) bond motifs is 1. The maximum absolute atomic E-state index is 14.8. The second-order valence-corrected chi connectivity index (χ2v) is 15.1. The molecule has 4 aromatic carbocycles. The Morgan fingerprint density at radius 1 is 0.946 bits per heavy atom. The number of piperidine rings is 1. The summed E-state index contributed by atoms with van der Waals surface area (Å²) >= 11 is 19.4. The van der Waals surface area contributed by atoms with Gasteiger partial charge in [0.1, 0.15) is 5.69 Å². The number of benzene rings is 4. The lowest BCUT2D eigenvalue weighted by Crippen LogP contribution is -2.50. The molecule has 11 nitrogen and oxygen atoms in total. The Morgan fingerprint density at radius 3 is 2.46 bits per heavy atom. The highest BCUT2D eigenvalue weighted by Gasteiger charge is 2.32. The van der Waals surface area contributed by atoms with Crippen LogP contribution in [0, 0.1) is 0 Å². The Morgan fingerprint density at radius 2 is 1.71 bits per heavy atom. The normalized spacial score (nSPS) is 14.9. The number of nitrogens with zero attached hydrogens (tertiary/aromatic N) is 4. The van der Waals surface area contributed by atoms with Crippen LogP contribution in [0.5, 0.6) is 0 Å². The maximum Gasteiger partial charge on any atom is 0.410 e. The number of rotatable bonds is 9. The van der Waals surface area contributed by atoms with Crippen LogP contribution in [0.3, 0.4) is 0 Å². The van der Waals surface area contributed by atoms with Crippen LogP contribution in [0.4, 0.5) is 16.2 Å². The SMILES string of the molecule is COC(=O)c1ccc(N2CCC(N3CCCOC3=O)CC2)c(NC(=O)c2[nH]c3cc(Cl)ccc3c2-c2c(-c3ccccc3)ncn2Cc2ccc(Cl)cc2Cl)c1. The van der Waals surface area contributed by atoms with Gasteiger partial charge < -0.3 is 34.1 Å². The van der Waals surface area contributed by atoms with E-state index in [2.05, 4.69) is 15.2 Å². The summed E-state index contributed by atoms with van der Waals surface area (Å²) in [7, 11) is 1.32. The van der Waals surface area contributed by atoms with Crippen molar-refractivity contribution in [3.63, 3.8) is 0 Å². The van der Waals surface area contributed by atoms with Crippen LogP contribution in [0.2, 0.25) is 15.1 Å². The molecule has 0 atom stereocenters. The van der Waals surface area contributed by atoms with Crippen molar-refractivity contribution in [1.82, 2.24) is 19.4 Å². The van der Waals surface area contributed by atoms with E-state index in [1.807, 2.05) is 58.0 Å². The average Bonchev–Trinajstić information content (AvgIpc) is 3.80. The molecule has 2 aromatic heterocycles. The standard InChI is InChI=1S/C42H37Cl3N6O5/c1-55-41(53)26-9-13-35(49-17-14-30(15-18-49)51-16-5-19-56-42(51)54)34(20-26)48-40(52)38-36(31-12-11-29(44)22-33(31)47-38)39-37(25-6-3-2-4-7-25)46-24-50(39)23-27-8-10-28(43)21-32(27)45/h2-4,6-13,20-22,24,30,47H,5,14-19,23H2,1H3,(H,48,52). The Labute approximate surface area is 338 Å². The van der Waals surface area contributed by atoms with Gasteiger partial charge in [0.15, 0.2) is 0 Å². The highest BCUT2D eigenvalue weighted by molar-refractivity contribution is 6.35. The molecule has 0 radical (unpaired) electrons. The largest absolute Gasteiger partial charge is 0.465 e. The molecular formula is C42H37Cl3N6O5. The highest BCUT2D eigenvalue weighted by Crippen LogP contribution is 2.41. The number of amides is 2. The number of carbonyl (C=O) groups excluding carboxylic acids is 3. The molecule has 286 valence electrons. The summed E-state index contributed by atoms with van der Waals surface area (Å²) in [5.41, 5.74) is 5.98. The molecule has 2 aliphatic rings. The molecule has 2 amide bonds. The van der Waals surface area contributed by atoms with E-state index in [1.165, 1.54) is 7.11 Å². The van der Waals surface area contributed by atoms with Gasteiger partial charge in [0.05, 0.1) is 54.9 Å². The molecule has 0 spiro atoms. The number of imidazole rings is 1. The van der Waals surface area contributed by atoms with Gasteiger partial charge >= 0.3 is 12.1 Å². The number of cyclic esters (lactones) is 1. The number of halogens is 3. The summed E-state index contributed by atoms with van der Waals surface area (Å²) in [6.07, 6.45) is 3.72. The van der Waals surface area contributed by atoms with E-state index in [4.69, 9.17) is 49.3 Å². The van der Waals surface area contributed by atoms with Gasteiger partial charge in [0, 0.05) is 62.8 Å². The number of carbonyl (C=O) groups is 3. The van der Waals surface area contributed by atoms with Crippen LogP contribution >= 0.6 is 34.8 Å². The van der Waals surface area contributed by atoms with Gasteiger partial charge in [0.25, 0.3) is 5.91 Å². The number of H-pyrrole nitrogens is 1. The van der Waals surface area contributed by atoms with E-state index in [0.29, 0.717) is 76.0 Å². The van der Waals surface area contributed by atoms with E-state index < -0.39 is 11.9 Å². The zero-order chi connectivity index (χ0) is 38.9. The van der Waals surface area contributed by atoms with Crippen molar-refractivity contribution in [2.75, 3.05) is 43.6 Å². The van der Waals surface area contributed by atoms with E-state index >= 15 is 0 Å². The molecule has 6 aromatic rings. The van der Waals surface area contributed by atoms with Crippen molar-refractivity contribution in [3.8, 4) is 22.5 Å². The molecule has 14 heteroatoms. The highest BCUT2D eigenvalue weighted by atomic mass is 35.5. The minimum absolute atomic E-state index is 0.0542. The van der Waals surface area contributed by atoms with Crippen LogP contribution in [0.25, 0.3) is 33.4 Å². The van der Waals surface area contributed by atoms with E-state index in [0.717, 1.165) is 41.5 Å². The summed E-state index contributed by atoms with van der Waals surface area (Å²) < 4.78 is 12.3. The molecule has 0 aliphatic carbocycles. The Bertz CT molecular complexity index is 2460. The molecule has 4 heterocycles. The van der Waals surface area contributed by atoms with Gasteiger partial charge in [-0.2, -0.15) is 0 Å². The first kappa shape index (κ1) is 37.4. The lowest BCUT2D eigenvalue weighted by molar-refractivity contribution is 0.0499. The lowest BCUT2D eigenvalue weighted by atomic mass is 10.0. The van der Waals surface area contributed by atoms with Gasteiger partial charge in [0.2, 0.25) is 0 Å². The number of hydrogen-bond donors (Lipinski definition) is 2. The number of esters is 1. The quantitative estimate of drug-likeness (QED) is 0.140. The van der Waals surface area contributed by atoms with Crippen LogP contribution in [0.1, 0.15) is 45.7 Å². The maximum atomic E-state index is 14.8. The first-order valence-electron chi connectivity index (χ1n) is 18.3. The number of nitrogens with one attached hydrogen (secondary N) is 2. The predicted octanol–water partition coefficient (Wildman–Crippen LogP) is 9.56. The zero-order valence-electron chi connectivity index (χ0n) is 30.4. The van der Waals surface area contributed by atoms with Crippen molar-refractivity contribution in [2.45, 2.75) is 31.8 Å². The third-order valence-electron chi connectivity index (χ3n) is 10.4. The fourth-order valence-corrected chi connectivity index (χ4v) is 8.29. The third kappa shape index (κ3) is 7.42. The predicted molar refractivity (Wildman–Crippen MR) is 219 cm³/mol. The molecule has 2 fully saturated rings. The van der Waals surface area contributed by atoms with E-state index in [1.54, 1.807) is 42.7 Å². The number of aromatic amines is 1. The summed E-state index contributed by atoms with van der Waals surface area (Å²) in [5.74, 6) is -0.981. The first-order valence-corrected chi connectivity index (χ1v) is 19.4. The smallest absolute Gasteiger partial charge is 0.410 e. The molecule has 56 heavy (non-hydrogen) atoms. The molecule has 2 saturated heterocycles. The van der Waals surface area contributed by atoms with Crippen molar-refractivity contribution in [3.05, 3.63) is 123 Å². The molecular weight excluding hydrogens is 775 g/mol. The molecule has 0 unspecified atom stereocenters. The summed E-state index contributed by atoms with van der Waals surface area (Å²) in [6.45, 7) is 2.70. The van der Waals surface area contributed by atoms with Gasteiger partial charge in [-0.05, 0) is 67.3 Å². The molecule has 2 aliphatic heterocycles. The number of hydrogen-bond acceptors (Lipinski definition) is 7. The number of methoxy groups -OCH3 is 1. The van der Waals surface area contributed by atoms with Crippen LogP contribution in [-0.4, -0.2) is 76.8 Å².